The van der Waals surface area contributed by atoms with Crippen molar-refractivity contribution in [3.05, 3.63) is 67.6 Å². The first-order valence-electron chi connectivity index (χ1n) is 7.12. The Bertz CT molecular complexity index is 830. The molecule has 1 aromatic carbocycles. The van der Waals surface area contributed by atoms with E-state index in [2.05, 4.69) is 22.6 Å². The number of halogens is 1. The van der Waals surface area contributed by atoms with Crippen LogP contribution in [0.3, 0.4) is 0 Å². The molecule has 2 aromatic rings. The highest BCUT2D eigenvalue weighted by Crippen LogP contribution is 2.49. The fourth-order valence-electron chi connectivity index (χ4n) is 3.30. The number of esters is 1. The summed E-state index contributed by atoms with van der Waals surface area (Å²) in [5.74, 6) is 0.132. The fraction of sp³-hybridized carbons (Fsp3) is 0.176. The number of carbonyl (C=O) groups is 2. The first-order chi connectivity index (χ1) is 11.2. The number of hydrogen-bond donors (Lipinski definition) is 0. The monoisotopic (exact) mass is 437 g/mol. The normalized spacial score (nSPS) is 24.6. The quantitative estimate of drug-likeness (QED) is 0.530. The lowest BCUT2D eigenvalue weighted by Crippen LogP contribution is -2.46. The molecule has 0 radical (unpaired) electrons. The molecule has 4 nitrogen and oxygen atoms in total. The summed E-state index contributed by atoms with van der Waals surface area (Å²) in [7, 11) is 0. The van der Waals surface area contributed by atoms with E-state index < -0.39 is 5.54 Å². The van der Waals surface area contributed by atoms with Crippen LogP contribution >= 0.6 is 33.9 Å². The molecule has 3 heterocycles. The van der Waals surface area contributed by atoms with E-state index in [0.29, 0.717) is 24.3 Å². The van der Waals surface area contributed by atoms with Gasteiger partial charge in [0.15, 0.2) is 5.54 Å². The highest BCUT2D eigenvalue weighted by Gasteiger charge is 2.60. The summed E-state index contributed by atoms with van der Waals surface area (Å²) in [5, 5.41) is 1.97. The lowest BCUT2D eigenvalue weighted by atomic mass is 9.87. The number of ether oxygens (including phenoxy) is 1. The predicted octanol–water partition coefficient (Wildman–Crippen LogP) is 3.82. The smallest absolute Gasteiger partial charge is 0.342 e. The number of cyclic esters (lactones) is 1. The number of nitrogens with zero attached hydrogens (tertiary/aromatic N) is 1. The van der Waals surface area contributed by atoms with Crippen molar-refractivity contribution in [1.29, 1.82) is 0 Å². The predicted molar refractivity (Wildman–Crippen MR) is 95.1 cm³/mol. The van der Waals surface area contributed by atoms with Gasteiger partial charge >= 0.3 is 5.97 Å². The van der Waals surface area contributed by atoms with Gasteiger partial charge < -0.3 is 9.64 Å². The number of amides is 1. The molecule has 23 heavy (non-hydrogen) atoms. The molecule has 1 unspecified atom stereocenters. The first-order valence-corrected chi connectivity index (χ1v) is 9.25. The molecular weight excluding hydrogens is 425 g/mol. The van der Waals surface area contributed by atoms with Gasteiger partial charge in [-0.2, -0.15) is 0 Å². The molecule has 1 atom stereocenters. The second-order valence-electron chi connectivity index (χ2n) is 5.52. The lowest BCUT2D eigenvalue weighted by Gasteiger charge is -2.31. The summed E-state index contributed by atoms with van der Waals surface area (Å²) in [4.78, 5) is 28.4. The Morgan fingerprint density at radius 3 is 2.78 bits per heavy atom. The Balaban J connectivity index is 1.88. The zero-order valence-corrected chi connectivity index (χ0v) is 15.0. The van der Waals surface area contributed by atoms with E-state index in [4.69, 9.17) is 4.74 Å². The molecule has 1 fully saturated rings. The van der Waals surface area contributed by atoms with Crippen LogP contribution in [0.25, 0.3) is 0 Å². The average molecular weight is 437 g/mol. The third-order valence-electron chi connectivity index (χ3n) is 4.32. The number of rotatable bonds is 2. The van der Waals surface area contributed by atoms with Crippen molar-refractivity contribution < 1.29 is 14.3 Å². The maximum Gasteiger partial charge on any atom is 0.342 e. The van der Waals surface area contributed by atoms with Gasteiger partial charge in [0.2, 0.25) is 0 Å². The maximum absolute atomic E-state index is 12.9. The Hall–Kier alpha value is -1.67. The summed E-state index contributed by atoms with van der Waals surface area (Å²) < 4.78 is 7.19. The van der Waals surface area contributed by atoms with Gasteiger partial charge in [0.25, 0.3) is 5.91 Å². The minimum absolute atomic E-state index is 0.111. The SMILES string of the molecule is O=C1c2ccccc2C2(C/C(=C\I)OC2=O)N1Cc1cccs1. The summed E-state index contributed by atoms with van der Waals surface area (Å²) >= 11 is 3.64. The van der Waals surface area contributed by atoms with E-state index >= 15 is 0 Å². The molecule has 1 spiro atoms. The van der Waals surface area contributed by atoms with Crippen molar-refractivity contribution in [1.82, 2.24) is 4.90 Å². The van der Waals surface area contributed by atoms with Crippen molar-refractivity contribution in [2.24, 2.45) is 0 Å². The van der Waals surface area contributed by atoms with Gasteiger partial charge in [-0.05, 0) is 40.1 Å². The standard InChI is InChI=1S/C17H12INO3S/c18-9-11-8-17(16(21)22-11)14-6-2-1-5-13(14)15(20)19(17)10-12-4-3-7-23-12/h1-7,9H,8,10H2/b11-9+. The van der Waals surface area contributed by atoms with E-state index in [1.165, 1.54) is 0 Å². The molecule has 1 aromatic heterocycles. The van der Waals surface area contributed by atoms with E-state index in [1.54, 1.807) is 26.4 Å². The van der Waals surface area contributed by atoms with E-state index in [0.717, 1.165) is 10.4 Å². The van der Waals surface area contributed by atoms with E-state index in [1.807, 2.05) is 35.7 Å². The summed E-state index contributed by atoms with van der Waals surface area (Å²) in [6.07, 6.45) is 0.392. The zero-order chi connectivity index (χ0) is 16.0. The summed E-state index contributed by atoms with van der Waals surface area (Å²) in [6.45, 7) is 0.412. The third-order valence-corrected chi connectivity index (χ3v) is 5.87. The molecule has 0 N–H and O–H groups in total. The van der Waals surface area contributed by atoms with Crippen LogP contribution in [0.15, 0.2) is 51.6 Å². The zero-order valence-electron chi connectivity index (χ0n) is 12.0. The summed E-state index contributed by atoms with van der Waals surface area (Å²) in [5.41, 5.74) is 0.310. The molecule has 2 aliphatic rings. The van der Waals surface area contributed by atoms with Gasteiger partial charge in [-0.3, -0.25) is 4.79 Å². The van der Waals surface area contributed by atoms with Gasteiger partial charge in [0.05, 0.1) is 6.54 Å². The molecule has 2 aliphatic heterocycles. The van der Waals surface area contributed by atoms with Crippen LogP contribution in [-0.2, 0) is 21.6 Å². The van der Waals surface area contributed by atoms with Crippen LogP contribution < -0.4 is 0 Å². The Labute approximate surface area is 150 Å². The van der Waals surface area contributed by atoms with Crippen molar-refractivity contribution in [3.63, 3.8) is 0 Å². The van der Waals surface area contributed by atoms with E-state index in [9.17, 15) is 9.59 Å². The molecular formula is C17H12INO3S. The molecule has 0 bridgehead atoms. The molecule has 1 amide bonds. The van der Waals surface area contributed by atoms with Gasteiger partial charge in [0, 0.05) is 26.5 Å². The van der Waals surface area contributed by atoms with Crippen LogP contribution in [0.5, 0.6) is 0 Å². The van der Waals surface area contributed by atoms with Crippen LogP contribution in [0.2, 0.25) is 0 Å². The lowest BCUT2D eigenvalue weighted by molar-refractivity contribution is -0.145. The molecule has 116 valence electrons. The topological polar surface area (TPSA) is 46.6 Å². The van der Waals surface area contributed by atoms with Crippen molar-refractivity contribution in [3.8, 4) is 0 Å². The second kappa shape index (κ2) is 5.45. The molecule has 0 saturated carbocycles. The first kappa shape index (κ1) is 14.9. The number of hydrogen-bond acceptors (Lipinski definition) is 4. The molecule has 4 rings (SSSR count). The number of benzene rings is 1. The minimum atomic E-state index is -1.03. The fourth-order valence-corrected chi connectivity index (χ4v) is 4.34. The highest BCUT2D eigenvalue weighted by atomic mass is 127. The van der Waals surface area contributed by atoms with Crippen LogP contribution in [0.4, 0.5) is 0 Å². The number of carbonyl (C=O) groups excluding carboxylic acids is 2. The molecule has 0 aliphatic carbocycles. The van der Waals surface area contributed by atoms with E-state index in [-0.39, 0.29) is 11.9 Å². The highest BCUT2D eigenvalue weighted by molar-refractivity contribution is 14.1. The minimum Gasteiger partial charge on any atom is -0.428 e. The van der Waals surface area contributed by atoms with Crippen molar-refractivity contribution >= 4 is 45.8 Å². The van der Waals surface area contributed by atoms with Crippen LogP contribution in [-0.4, -0.2) is 16.8 Å². The second-order valence-corrected chi connectivity index (χ2v) is 7.17. The van der Waals surface area contributed by atoms with Gasteiger partial charge in [-0.1, -0.05) is 24.3 Å². The van der Waals surface area contributed by atoms with Gasteiger partial charge in [-0.25, -0.2) is 4.79 Å². The van der Waals surface area contributed by atoms with Gasteiger partial charge in [0.1, 0.15) is 5.76 Å². The van der Waals surface area contributed by atoms with Crippen LogP contribution in [0, 0.1) is 0 Å². The molecule has 1 saturated heterocycles. The third kappa shape index (κ3) is 2.08. The largest absolute Gasteiger partial charge is 0.428 e. The Morgan fingerprint density at radius 1 is 1.26 bits per heavy atom. The Kier molecular flexibility index (Phi) is 3.53. The number of fused-ring (bicyclic) bond motifs is 2. The van der Waals surface area contributed by atoms with Gasteiger partial charge in [-0.15, -0.1) is 11.3 Å². The summed E-state index contributed by atoms with van der Waals surface area (Å²) in [6, 6.07) is 11.3. The Morgan fingerprint density at radius 2 is 2.09 bits per heavy atom. The molecule has 6 heteroatoms. The number of thiophene rings is 1. The maximum atomic E-state index is 12.9. The average Bonchev–Trinajstić information content (AvgIpc) is 3.24. The van der Waals surface area contributed by atoms with Crippen molar-refractivity contribution in [2.45, 2.75) is 18.5 Å². The van der Waals surface area contributed by atoms with Crippen LogP contribution in [0.1, 0.15) is 27.2 Å². The van der Waals surface area contributed by atoms with Crippen molar-refractivity contribution in [2.75, 3.05) is 0 Å².